The fourth-order valence-corrected chi connectivity index (χ4v) is 5.41. The molecule has 0 unspecified atom stereocenters. The Morgan fingerprint density at radius 1 is 1.05 bits per heavy atom. The van der Waals surface area contributed by atoms with Gasteiger partial charge in [0.1, 0.15) is 18.4 Å². The lowest BCUT2D eigenvalue weighted by molar-refractivity contribution is -0.142. The van der Waals surface area contributed by atoms with Gasteiger partial charge in [0.2, 0.25) is 17.6 Å². The Kier molecular flexibility index (Phi) is 9.51. The third kappa shape index (κ3) is 7.11. The Morgan fingerprint density at radius 3 is 2.47 bits per heavy atom. The molecule has 1 fully saturated rings. The SMILES string of the molecule is COc1ccc(-c2nnn(CC(=O)N(Cc3ccccc3Cl)[C@H](C(=O)NC3CCCC3)c3ccc(F)cc3)n2)cc1OC. The van der Waals surface area contributed by atoms with Gasteiger partial charge in [0.15, 0.2) is 11.5 Å². The van der Waals surface area contributed by atoms with Gasteiger partial charge in [-0.25, -0.2) is 4.39 Å². The molecular formula is C31H32ClFN6O4. The van der Waals surface area contributed by atoms with Gasteiger partial charge in [-0.15, -0.1) is 10.2 Å². The van der Waals surface area contributed by atoms with Crippen LogP contribution in [0.2, 0.25) is 5.02 Å². The van der Waals surface area contributed by atoms with Crippen LogP contribution in [0.25, 0.3) is 11.4 Å². The fraction of sp³-hybridized carbons (Fsp3) is 0.323. The number of amides is 2. The van der Waals surface area contributed by atoms with E-state index in [4.69, 9.17) is 21.1 Å². The molecule has 0 saturated heterocycles. The molecule has 10 nitrogen and oxygen atoms in total. The molecular weight excluding hydrogens is 575 g/mol. The summed E-state index contributed by atoms with van der Waals surface area (Å²) in [5.74, 6) is 0.0710. The van der Waals surface area contributed by atoms with E-state index < -0.39 is 17.8 Å². The second-order valence-corrected chi connectivity index (χ2v) is 10.7. The minimum atomic E-state index is -1.06. The van der Waals surface area contributed by atoms with Crippen molar-refractivity contribution in [2.24, 2.45) is 0 Å². The lowest BCUT2D eigenvalue weighted by atomic mass is 10.0. The Morgan fingerprint density at radius 2 is 1.77 bits per heavy atom. The van der Waals surface area contributed by atoms with Crippen molar-refractivity contribution in [3.8, 4) is 22.9 Å². The maximum Gasteiger partial charge on any atom is 0.247 e. The molecule has 2 amide bonds. The number of carbonyl (C=O) groups is 2. The number of halogens is 2. The maximum atomic E-state index is 14.0. The Hall–Kier alpha value is -4.51. The number of carbonyl (C=O) groups excluding carboxylic acids is 2. The van der Waals surface area contributed by atoms with E-state index in [1.54, 1.807) is 43.5 Å². The summed E-state index contributed by atoms with van der Waals surface area (Å²) in [6.45, 7) is -0.283. The van der Waals surface area contributed by atoms with Gasteiger partial charge in [-0.2, -0.15) is 4.80 Å². The van der Waals surface area contributed by atoms with E-state index in [9.17, 15) is 14.0 Å². The van der Waals surface area contributed by atoms with Crippen LogP contribution >= 0.6 is 11.6 Å². The Bertz CT molecular complexity index is 1570. The summed E-state index contributed by atoms with van der Waals surface area (Å²) < 4.78 is 24.6. The quantitative estimate of drug-likeness (QED) is 0.256. The van der Waals surface area contributed by atoms with Crippen molar-refractivity contribution in [1.82, 2.24) is 30.4 Å². The minimum absolute atomic E-state index is 0.00809. The van der Waals surface area contributed by atoms with E-state index in [0.717, 1.165) is 25.7 Å². The molecule has 224 valence electrons. The number of benzene rings is 3. The molecule has 3 aromatic carbocycles. The van der Waals surface area contributed by atoms with Crippen molar-refractivity contribution in [1.29, 1.82) is 0 Å². The van der Waals surface area contributed by atoms with E-state index in [1.807, 2.05) is 6.07 Å². The summed E-state index contributed by atoms with van der Waals surface area (Å²) in [4.78, 5) is 30.5. The number of rotatable bonds is 11. The van der Waals surface area contributed by atoms with Gasteiger partial charge in [0, 0.05) is 23.2 Å². The molecule has 0 bridgehead atoms. The van der Waals surface area contributed by atoms with Crippen LogP contribution in [-0.2, 0) is 22.7 Å². The highest BCUT2D eigenvalue weighted by molar-refractivity contribution is 6.31. The number of hydrogen-bond acceptors (Lipinski definition) is 7. The second kappa shape index (κ2) is 13.6. The van der Waals surface area contributed by atoms with Crippen LogP contribution in [0.3, 0.4) is 0 Å². The van der Waals surface area contributed by atoms with Gasteiger partial charge in [-0.3, -0.25) is 9.59 Å². The van der Waals surface area contributed by atoms with Crippen LogP contribution in [-0.4, -0.2) is 57.2 Å². The van der Waals surface area contributed by atoms with Crippen molar-refractivity contribution in [2.75, 3.05) is 14.2 Å². The first-order valence-corrected chi connectivity index (χ1v) is 14.3. The first-order valence-electron chi connectivity index (χ1n) is 13.9. The zero-order valence-electron chi connectivity index (χ0n) is 23.9. The second-order valence-electron chi connectivity index (χ2n) is 10.3. The highest BCUT2D eigenvalue weighted by Crippen LogP contribution is 2.31. The van der Waals surface area contributed by atoms with Crippen molar-refractivity contribution in [3.05, 3.63) is 88.7 Å². The standard InChI is InChI=1S/C31H32ClFN6O4/c1-42-26-16-13-21(17-27(26)43-2)30-35-37-39(36-30)19-28(40)38(18-22-7-3-6-10-25(22)32)29(20-11-14-23(33)15-12-20)31(41)34-24-8-4-5-9-24/h3,6-7,10-17,24,29H,4-5,8-9,18-19H2,1-2H3,(H,34,41)/t29-/m0/s1. The first-order chi connectivity index (χ1) is 20.9. The van der Waals surface area contributed by atoms with E-state index in [-0.39, 0.29) is 30.9 Å². The van der Waals surface area contributed by atoms with Crippen LogP contribution in [0.4, 0.5) is 4.39 Å². The molecule has 5 rings (SSSR count). The number of ether oxygens (including phenoxy) is 2. The summed E-state index contributed by atoms with van der Waals surface area (Å²) >= 11 is 6.49. The lowest BCUT2D eigenvalue weighted by Gasteiger charge is -2.32. The van der Waals surface area contributed by atoms with Gasteiger partial charge in [0.25, 0.3) is 0 Å². The number of hydrogen-bond donors (Lipinski definition) is 1. The molecule has 1 aliphatic rings. The van der Waals surface area contributed by atoms with Gasteiger partial charge in [0.05, 0.1) is 14.2 Å². The maximum absolute atomic E-state index is 14.0. The molecule has 1 aliphatic carbocycles. The molecule has 0 spiro atoms. The molecule has 0 aliphatic heterocycles. The van der Waals surface area contributed by atoms with Crippen molar-refractivity contribution < 1.29 is 23.5 Å². The molecule has 1 heterocycles. The van der Waals surface area contributed by atoms with Crippen molar-refractivity contribution in [3.63, 3.8) is 0 Å². The van der Waals surface area contributed by atoms with Crippen LogP contribution < -0.4 is 14.8 Å². The third-order valence-corrected chi connectivity index (χ3v) is 7.81. The first kappa shape index (κ1) is 30.0. The van der Waals surface area contributed by atoms with E-state index in [0.29, 0.717) is 33.2 Å². The summed E-state index contributed by atoms with van der Waals surface area (Å²) in [6.07, 6.45) is 3.77. The normalized spacial score (nSPS) is 13.9. The summed E-state index contributed by atoms with van der Waals surface area (Å²) in [5.41, 5.74) is 1.73. The number of nitrogens with one attached hydrogen (secondary N) is 1. The van der Waals surface area contributed by atoms with Crippen LogP contribution in [0.1, 0.15) is 42.9 Å². The molecule has 12 heteroatoms. The van der Waals surface area contributed by atoms with Crippen LogP contribution in [0.5, 0.6) is 11.5 Å². The fourth-order valence-electron chi connectivity index (χ4n) is 5.21. The van der Waals surface area contributed by atoms with Crippen molar-refractivity contribution in [2.45, 2.75) is 50.9 Å². The largest absolute Gasteiger partial charge is 0.493 e. The average Bonchev–Trinajstić information content (AvgIpc) is 3.71. The molecule has 4 aromatic rings. The molecule has 1 N–H and O–H groups in total. The van der Waals surface area contributed by atoms with Crippen molar-refractivity contribution >= 4 is 23.4 Å². The van der Waals surface area contributed by atoms with Gasteiger partial charge < -0.3 is 19.7 Å². The monoisotopic (exact) mass is 606 g/mol. The summed E-state index contributed by atoms with van der Waals surface area (Å²) in [5, 5.41) is 16.2. The number of aromatic nitrogens is 4. The highest BCUT2D eigenvalue weighted by atomic mass is 35.5. The average molecular weight is 607 g/mol. The minimum Gasteiger partial charge on any atom is -0.493 e. The molecule has 43 heavy (non-hydrogen) atoms. The third-order valence-electron chi connectivity index (χ3n) is 7.44. The van der Waals surface area contributed by atoms with Crippen LogP contribution in [0.15, 0.2) is 66.7 Å². The van der Waals surface area contributed by atoms with Gasteiger partial charge >= 0.3 is 0 Å². The topological polar surface area (TPSA) is 111 Å². The van der Waals surface area contributed by atoms with Gasteiger partial charge in [-0.05, 0) is 65.6 Å². The zero-order chi connectivity index (χ0) is 30.3. The van der Waals surface area contributed by atoms with E-state index >= 15 is 0 Å². The highest BCUT2D eigenvalue weighted by Gasteiger charge is 2.34. The Labute approximate surface area is 253 Å². The molecule has 1 aromatic heterocycles. The summed E-state index contributed by atoms with van der Waals surface area (Å²) in [6, 6.07) is 16.8. The number of nitrogens with zero attached hydrogens (tertiary/aromatic N) is 5. The zero-order valence-corrected chi connectivity index (χ0v) is 24.6. The molecule has 1 atom stereocenters. The Balaban J connectivity index is 1.47. The lowest BCUT2D eigenvalue weighted by Crippen LogP contribution is -2.46. The number of tetrazole rings is 1. The molecule has 1 saturated carbocycles. The predicted molar refractivity (Wildman–Crippen MR) is 158 cm³/mol. The van der Waals surface area contributed by atoms with Crippen LogP contribution in [0, 0.1) is 5.82 Å². The smallest absolute Gasteiger partial charge is 0.247 e. The number of methoxy groups -OCH3 is 2. The van der Waals surface area contributed by atoms with Gasteiger partial charge in [-0.1, -0.05) is 54.8 Å². The van der Waals surface area contributed by atoms with E-state index in [1.165, 1.54) is 41.1 Å². The summed E-state index contributed by atoms with van der Waals surface area (Å²) in [7, 11) is 3.07. The molecule has 0 radical (unpaired) electrons. The predicted octanol–water partition coefficient (Wildman–Crippen LogP) is 4.98. The van der Waals surface area contributed by atoms with E-state index in [2.05, 4.69) is 20.7 Å².